The molecule has 2 aromatic rings. The van der Waals surface area contributed by atoms with Crippen molar-refractivity contribution >= 4 is 5.57 Å². The lowest BCUT2D eigenvalue weighted by atomic mass is 10.1. The average molecular weight is 258 g/mol. The minimum absolute atomic E-state index is 0.985. The second kappa shape index (κ2) is 5.75. The van der Waals surface area contributed by atoms with Crippen LogP contribution in [-0.2, 0) is 6.42 Å². The van der Waals surface area contributed by atoms with Crippen LogP contribution in [0.25, 0.3) is 5.57 Å². The van der Waals surface area contributed by atoms with Gasteiger partial charge in [-0.3, -0.25) is 0 Å². The fourth-order valence-electron chi connectivity index (χ4n) is 2.36. The van der Waals surface area contributed by atoms with Crippen LogP contribution < -0.4 is 0 Å². The van der Waals surface area contributed by atoms with Crippen molar-refractivity contribution in [3.8, 4) is 0 Å². The van der Waals surface area contributed by atoms with E-state index in [1.54, 1.807) is 0 Å². The molecule has 0 radical (unpaired) electrons. The SMILES string of the molecule is Cc1ccc(C/C=C2/C=CC(c3ccccc3)=C2)cc1. The van der Waals surface area contributed by atoms with E-state index in [9.17, 15) is 0 Å². The van der Waals surface area contributed by atoms with E-state index < -0.39 is 0 Å². The van der Waals surface area contributed by atoms with Crippen molar-refractivity contribution in [1.29, 1.82) is 0 Å². The maximum absolute atomic E-state index is 2.29. The molecule has 0 spiro atoms. The summed E-state index contributed by atoms with van der Waals surface area (Å²) < 4.78 is 0. The fourth-order valence-corrected chi connectivity index (χ4v) is 2.36. The van der Waals surface area contributed by atoms with Crippen molar-refractivity contribution in [3.63, 3.8) is 0 Å². The molecular weight excluding hydrogens is 240 g/mol. The molecule has 0 aromatic heterocycles. The van der Waals surface area contributed by atoms with Crippen LogP contribution in [0.15, 0.2) is 84.5 Å². The van der Waals surface area contributed by atoms with Gasteiger partial charge in [0.1, 0.15) is 0 Å². The summed E-state index contributed by atoms with van der Waals surface area (Å²) in [5.74, 6) is 0. The van der Waals surface area contributed by atoms with Gasteiger partial charge < -0.3 is 0 Å². The van der Waals surface area contributed by atoms with Crippen molar-refractivity contribution in [2.75, 3.05) is 0 Å². The normalized spacial score (nSPS) is 15.7. The van der Waals surface area contributed by atoms with Gasteiger partial charge in [-0.05, 0) is 41.7 Å². The first kappa shape index (κ1) is 12.7. The average Bonchev–Trinajstić information content (AvgIpc) is 2.97. The number of rotatable bonds is 3. The van der Waals surface area contributed by atoms with E-state index in [-0.39, 0.29) is 0 Å². The second-order valence-electron chi connectivity index (χ2n) is 5.19. The maximum atomic E-state index is 2.29. The summed E-state index contributed by atoms with van der Waals surface area (Å²) in [5.41, 5.74) is 6.54. The Balaban J connectivity index is 1.73. The zero-order valence-electron chi connectivity index (χ0n) is 11.7. The van der Waals surface area contributed by atoms with Crippen LogP contribution in [0.5, 0.6) is 0 Å². The summed E-state index contributed by atoms with van der Waals surface area (Å²) in [7, 11) is 0. The molecule has 0 unspecified atom stereocenters. The molecule has 0 bridgehead atoms. The van der Waals surface area contributed by atoms with E-state index in [0.717, 1.165) is 6.42 Å². The quantitative estimate of drug-likeness (QED) is 0.717. The standard InChI is InChI=1S/C20H18/c1-16-7-9-17(10-8-16)11-12-18-13-14-20(15-18)19-5-3-2-4-6-19/h2-10,12-15H,11H2,1H3/b18-12-. The van der Waals surface area contributed by atoms with Crippen LogP contribution in [0, 0.1) is 6.92 Å². The lowest BCUT2D eigenvalue weighted by Crippen LogP contribution is -1.82. The highest BCUT2D eigenvalue weighted by atomic mass is 14.1. The number of hydrogen-bond donors (Lipinski definition) is 0. The lowest BCUT2D eigenvalue weighted by Gasteiger charge is -1.99. The first-order valence-electron chi connectivity index (χ1n) is 7.02. The van der Waals surface area contributed by atoms with Crippen LogP contribution in [0.4, 0.5) is 0 Å². The molecule has 0 nitrogen and oxygen atoms in total. The third-order valence-corrected chi connectivity index (χ3v) is 3.58. The highest BCUT2D eigenvalue weighted by Gasteiger charge is 2.04. The molecule has 0 saturated heterocycles. The van der Waals surface area contributed by atoms with E-state index >= 15 is 0 Å². The first-order chi connectivity index (χ1) is 9.81. The highest BCUT2D eigenvalue weighted by Crippen LogP contribution is 2.24. The van der Waals surface area contributed by atoms with Gasteiger partial charge in [0.05, 0.1) is 0 Å². The van der Waals surface area contributed by atoms with E-state index in [0.29, 0.717) is 0 Å². The number of allylic oxidation sites excluding steroid dienone is 6. The summed E-state index contributed by atoms with van der Waals surface area (Å²) in [6.45, 7) is 2.12. The molecule has 0 saturated carbocycles. The van der Waals surface area contributed by atoms with Gasteiger partial charge in [-0.25, -0.2) is 0 Å². The zero-order chi connectivity index (χ0) is 13.8. The van der Waals surface area contributed by atoms with Gasteiger partial charge in [0.25, 0.3) is 0 Å². The third-order valence-electron chi connectivity index (χ3n) is 3.58. The molecule has 0 heteroatoms. The van der Waals surface area contributed by atoms with Crippen molar-refractivity contribution in [3.05, 3.63) is 101 Å². The summed E-state index contributed by atoms with van der Waals surface area (Å²) in [6.07, 6.45) is 9.91. The molecule has 1 aliphatic carbocycles. The number of hydrogen-bond acceptors (Lipinski definition) is 0. The molecule has 2 aromatic carbocycles. The molecule has 0 fully saturated rings. The summed E-state index contributed by atoms with van der Waals surface area (Å²) in [6, 6.07) is 19.3. The highest BCUT2D eigenvalue weighted by molar-refractivity contribution is 5.81. The Hall–Kier alpha value is -2.34. The largest absolute Gasteiger partial charge is 0.0728 e. The van der Waals surface area contributed by atoms with Crippen LogP contribution in [0.1, 0.15) is 16.7 Å². The molecule has 3 rings (SSSR count). The third kappa shape index (κ3) is 2.97. The van der Waals surface area contributed by atoms with Gasteiger partial charge in [-0.15, -0.1) is 0 Å². The van der Waals surface area contributed by atoms with Gasteiger partial charge >= 0.3 is 0 Å². The molecule has 0 atom stereocenters. The minimum Gasteiger partial charge on any atom is -0.0728 e. The Bertz CT molecular complexity index is 668. The molecule has 0 amide bonds. The van der Waals surface area contributed by atoms with Crippen molar-refractivity contribution in [2.45, 2.75) is 13.3 Å². The van der Waals surface area contributed by atoms with Gasteiger partial charge in [-0.2, -0.15) is 0 Å². The maximum Gasteiger partial charge on any atom is -0.00884 e. The van der Waals surface area contributed by atoms with E-state index in [4.69, 9.17) is 0 Å². The molecule has 1 aliphatic rings. The molecule has 20 heavy (non-hydrogen) atoms. The zero-order valence-corrected chi connectivity index (χ0v) is 11.7. The predicted molar refractivity (Wildman–Crippen MR) is 86.5 cm³/mol. The van der Waals surface area contributed by atoms with Crippen LogP contribution >= 0.6 is 0 Å². The predicted octanol–water partition coefficient (Wildman–Crippen LogP) is 5.12. The Labute approximate surface area is 120 Å². The lowest BCUT2D eigenvalue weighted by molar-refractivity contribution is 1.25. The Morgan fingerprint density at radius 1 is 0.850 bits per heavy atom. The number of benzene rings is 2. The van der Waals surface area contributed by atoms with Crippen molar-refractivity contribution in [2.24, 2.45) is 0 Å². The Morgan fingerprint density at radius 2 is 1.60 bits per heavy atom. The first-order valence-corrected chi connectivity index (χ1v) is 7.02. The summed E-state index contributed by atoms with van der Waals surface area (Å²) in [4.78, 5) is 0. The smallest absolute Gasteiger partial charge is 0.00884 e. The topological polar surface area (TPSA) is 0 Å². The van der Waals surface area contributed by atoms with Crippen molar-refractivity contribution < 1.29 is 0 Å². The van der Waals surface area contributed by atoms with E-state index in [1.807, 2.05) is 0 Å². The molecule has 0 heterocycles. The summed E-state index contributed by atoms with van der Waals surface area (Å²) in [5, 5.41) is 0. The molecule has 0 N–H and O–H groups in total. The van der Waals surface area contributed by atoms with Gasteiger partial charge in [0, 0.05) is 0 Å². The van der Waals surface area contributed by atoms with Gasteiger partial charge in [-0.1, -0.05) is 78.4 Å². The van der Waals surface area contributed by atoms with E-state index in [1.165, 1.54) is 27.8 Å². The van der Waals surface area contributed by atoms with Crippen LogP contribution in [0.2, 0.25) is 0 Å². The summed E-state index contributed by atoms with van der Waals surface area (Å²) >= 11 is 0. The van der Waals surface area contributed by atoms with Crippen molar-refractivity contribution in [1.82, 2.24) is 0 Å². The van der Waals surface area contributed by atoms with Gasteiger partial charge in [0.2, 0.25) is 0 Å². The van der Waals surface area contributed by atoms with Crippen LogP contribution in [0.3, 0.4) is 0 Å². The van der Waals surface area contributed by atoms with Gasteiger partial charge in [0.15, 0.2) is 0 Å². The second-order valence-corrected chi connectivity index (χ2v) is 5.19. The number of aryl methyl sites for hydroxylation is 1. The van der Waals surface area contributed by atoms with E-state index in [2.05, 4.69) is 85.8 Å². The monoisotopic (exact) mass is 258 g/mol. The Kier molecular flexibility index (Phi) is 3.64. The molecule has 0 aliphatic heterocycles. The minimum atomic E-state index is 0.985. The molecular formula is C20H18. The van der Waals surface area contributed by atoms with Crippen LogP contribution in [-0.4, -0.2) is 0 Å². The fraction of sp³-hybridized carbons (Fsp3) is 0.100. The molecule has 98 valence electrons. The Morgan fingerprint density at radius 3 is 2.35 bits per heavy atom.